The number of nitrogens with one attached hydrogen (secondary N) is 1. The van der Waals surface area contributed by atoms with E-state index in [4.69, 9.17) is 10.2 Å². The van der Waals surface area contributed by atoms with Crippen LogP contribution in [0.15, 0.2) is 24.3 Å². The van der Waals surface area contributed by atoms with Gasteiger partial charge in [0.2, 0.25) is 0 Å². The molecule has 1 aromatic rings. The summed E-state index contributed by atoms with van der Waals surface area (Å²) in [4.78, 5) is 10.2. The summed E-state index contributed by atoms with van der Waals surface area (Å²) in [5.41, 5.74) is 0.224. The molecule has 1 atom stereocenters. The molecule has 1 aromatic carbocycles. The first kappa shape index (κ1) is 13.3. The number of benzene rings is 1. The number of rotatable bonds is 3. The Labute approximate surface area is 94.7 Å². The van der Waals surface area contributed by atoms with Crippen LogP contribution >= 0.6 is 0 Å². The van der Waals surface area contributed by atoms with E-state index in [9.17, 15) is 18.0 Å². The third kappa shape index (κ3) is 3.95. The van der Waals surface area contributed by atoms with Crippen LogP contribution in [0, 0.1) is 0 Å². The van der Waals surface area contributed by atoms with Crippen LogP contribution in [0.5, 0.6) is 0 Å². The molecule has 1 rings (SSSR count). The van der Waals surface area contributed by atoms with Gasteiger partial charge in [-0.25, -0.2) is 4.79 Å². The number of carbonyl (C=O) groups is 1. The summed E-state index contributed by atoms with van der Waals surface area (Å²) in [5.74, 6) is 0. The summed E-state index contributed by atoms with van der Waals surface area (Å²) in [7, 11) is 0. The van der Waals surface area contributed by atoms with Crippen LogP contribution in [0.1, 0.15) is 17.2 Å². The van der Waals surface area contributed by atoms with Crippen molar-refractivity contribution in [2.75, 3.05) is 0 Å². The average molecular weight is 249 g/mol. The molecule has 7 heteroatoms. The summed E-state index contributed by atoms with van der Waals surface area (Å²) >= 11 is 0. The van der Waals surface area contributed by atoms with Gasteiger partial charge in [-0.15, -0.1) is 0 Å². The normalized spacial score (nSPS) is 13.2. The largest absolute Gasteiger partial charge is 0.465 e. The third-order valence-electron chi connectivity index (χ3n) is 2.05. The molecule has 0 spiro atoms. The van der Waals surface area contributed by atoms with Gasteiger partial charge in [-0.05, 0) is 11.1 Å². The SMILES string of the molecule is O=C(O)NCc1ccc([C@@H](O)C(F)(F)F)cc1. The molecular formula is C10H10F3NO3. The standard InChI is InChI=1S/C10H10F3NO3/c11-10(12,13)8(15)7-3-1-6(2-4-7)5-14-9(16)17/h1-4,8,14-15H,5H2,(H,16,17)/t8-/m1/s1. The van der Waals surface area contributed by atoms with Crippen molar-refractivity contribution in [3.8, 4) is 0 Å². The zero-order valence-corrected chi connectivity index (χ0v) is 8.53. The van der Waals surface area contributed by atoms with Gasteiger partial charge in [0.15, 0.2) is 6.10 Å². The molecule has 0 aliphatic heterocycles. The zero-order chi connectivity index (χ0) is 13.1. The minimum atomic E-state index is -4.71. The highest BCUT2D eigenvalue weighted by atomic mass is 19.4. The minimum absolute atomic E-state index is 0.00226. The average Bonchev–Trinajstić information content (AvgIpc) is 2.25. The number of hydrogen-bond donors (Lipinski definition) is 3. The van der Waals surface area contributed by atoms with E-state index in [1.54, 1.807) is 0 Å². The topological polar surface area (TPSA) is 69.6 Å². The maximum absolute atomic E-state index is 12.1. The molecule has 3 N–H and O–H groups in total. The third-order valence-corrected chi connectivity index (χ3v) is 2.05. The Balaban J connectivity index is 2.71. The second kappa shape index (κ2) is 5.05. The van der Waals surface area contributed by atoms with E-state index in [1.165, 1.54) is 12.1 Å². The smallest absolute Gasteiger partial charge is 0.418 e. The van der Waals surface area contributed by atoms with Crippen molar-refractivity contribution in [3.05, 3.63) is 35.4 Å². The molecule has 0 aliphatic rings. The number of aliphatic hydroxyl groups excluding tert-OH is 1. The molecule has 0 heterocycles. The van der Waals surface area contributed by atoms with Crippen LogP contribution in [0.25, 0.3) is 0 Å². The second-order valence-electron chi connectivity index (χ2n) is 3.34. The highest BCUT2D eigenvalue weighted by Gasteiger charge is 2.39. The molecule has 0 fully saturated rings. The molecule has 0 unspecified atom stereocenters. The highest BCUT2D eigenvalue weighted by molar-refractivity contribution is 5.64. The summed E-state index contributed by atoms with van der Waals surface area (Å²) in [6.07, 6.45) is -8.45. The predicted molar refractivity (Wildman–Crippen MR) is 52.3 cm³/mol. The van der Waals surface area contributed by atoms with Crippen LogP contribution in [-0.4, -0.2) is 22.5 Å². The van der Waals surface area contributed by atoms with Crippen LogP contribution in [0.4, 0.5) is 18.0 Å². The van der Waals surface area contributed by atoms with Crippen molar-refractivity contribution in [2.45, 2.75) is 18.8 Å². The summed E-state index contributed by atoms with van der Waals surface area (Å²) in [6.45, 7) is -0.00226. The van der Waals surface area contributed by atoms with Crippen molar-refractivity contribution in [1.82, 2.24) is 5.32 Å². The molecule has 1 amide bonds. The fraction of sp³-hybridized carbons (Fsp3) is 0.300. The maximum Gasteiger partial charge on any atom is 0.418 e. The summed E-state index contributed by atoms with van der Waals surface area (Å²) in [5, 5.41) is 19.3. The Morgan fingerprint density at radius 3 is 2.24 bits per heavy atom. The van der Waals surface area contributed by atoms with Crippen LogP contribution in [-0.2, 0) is 6.54 Å². The molecule has 0 aliphatic carbocycles. The molecule has 0 saturated heterocycles. The summed E-state index contributed by atoms with van der Waals surface area (Å²) < 4.78 is 36.4. The first-order valence-corrected chi connectivity index (χ1v) is 4.61. The first-order chi connectivity index (χ1) is 7.80. The Morgan fingerprint density at radius 2 is 1.82 bits per heavy atom. The fourth-order valence-electron chi connectivity index (χ4n) is 1.18. The number of alkyl halides is 3. The second-order valence-corrected chi connectivity index (χ2v) is 3.34. The van der Waals surface area contributed by atoms with Gasteiger partial charge in [0, 0.05) is 6.54 Å². The van der Waals surface area contributed by atoms with Gasteiger partial charge in [-0.2, -0.15) is 13.2 Å². The fourth-order valence-corrected chi connectivity index (χ4v) is 1.18. The van der Waals surface area contributed by atoms with Crippen molar-refractivity contribution in [1.29, 1.82) is 0 Å². The van der Waals surface area contributed by atoms with E-state index < -0.39 is 18.4 Å². The lowest BCUT2D eigenvalue weighted by atomic mass is 10.1. The first-order valence-electron chi connectivity index (χ1n) is 4.61. The maximum atomic E-state index is 12.1. The zero-order valence-electron chi connectivity index (χ0n) is 8.53. The van der Waals surface area contributed by atoms with Crippen molar-refractivity contribution < 1.29 is 28.2 Å². The van der Waals surface area contributed by atoms with Gasteiger partial charge in [0.1, 0.15) is 0 Å². The van der Waals surface area contributed by atoms with E-state index in [0.717, 1.165) is 12.1 Å². The van der Waals surface area contributed by atoms with E-state index >= 15 is 0 Å². The van der Waals surface area contributed by atoms with Crippen LogP contribution in [0.2, 0.25) is 0 Å². The molecule has 0 radical (unpaired) electrons. The lowest BCUT2D eigenvalue weighted by molar-refractivity contribution is -0.206. The molecule has 17 heavy (non-hydrogen) atoms. The summed E-state index contributed by atoms with van der Waals surface area (Å²) in [6, 6.07) is 4.86. The Hall–Kier alpha value is -1.76. The Kier molecular flexibility index (Phi) is 3.95. The number of amides is 1. The highest BCUT2D eigenvalue weighted by Crippen LogP contribution is 2.32. The molecular weight excluding hydrogens is 239 g/mol. The van der Waals surface area contributed by atoms with Crippen molar-refractivity contribution >= 4 is 6.09 Å². The van der Waals surface area contributed by atoms with Gasteiger partial charge in [0.25, 0.3) is 0 Å². The van der Waals surface area contributed by atoms with Gasteiger partial charge in [-0.1, -0.05) is 24.3 Å². The molecule has 0 aromatic heterocycles. The van der Waals surface area contributed by atoms with Gasteiger partial charge < -0.3 is 15.5 Å². The van der Waals surface area contributed by atoms with Crippen molar-refractivity contribution in [2.24, 2.45) is 0 Å². The van der Waals surface area contributed by atoms with Gasteiger partial charge in [-0.3, -0.25) is 0 Å². The molecule has 0 bridgehead atoms. The number of halogens is 3. The quantitative estimate of drug-likeness (QED) is 0.767. The molecule has 4 nitrogen and oxygen atoms in total. The van der Waals surface area contributed by atoms with Crippen LogP contribution in [0.3, 0.4) is 0 Å². The van der Waals surface area contributed by atoms with E-state index in [-0.39, 0.29) is 12.1 Å². The van der Waals surface area contributed by atoms with E-state index in [0.29, 0.717) is 5.56 Å². The van der Waals surface area contributed by atoms with Gasteiger partial charge in [0.05, 0.1) is 0 Å². The number of carboxylic acid groups (broad SMARTS) is 1. The Morgan fingerprint density at radius 1 is 1.29 bits per heavy atom. The molecule has 94 valence electrons. The predicted octanol–water partition coefficient (Wildman–Crippen LogP) is 2.05. The Bertz CT molecular complexity index is 389. The lowest BCUT2D eigenvalue weighted by Crippen LogP contribution is -2.21. The number of hydrogen-bond acceptors (Lipinski definition) is 2. The van der Waals surface area contributed by atoms with Crippen molar-refractivity contribution in [3.63, 3.8) is 0 Å². The van der Waals surface area contributed by atoms with Crippen LogP contribution < -0.4 is 5.32 Å². The lowest BCUT2D eigenvalue weighted by Gasteiger charge is -2.14. The van der Waals surface area contributed by atoms with E-state index in [1.807, 2.05) is 0 Å². The monoisotopic (exact) mass is 249 g/mol. The van der Waals surface area contributed by atoms with E-state index in [2.05, 4.69) is 5.32 Å². The number of aliphatic hydroxyl groups is 1. The minimum Gasteiger partial charge on any atom is -0.465 e. The molecule has 0 saturated carbocycles. The van der Waals surface area contributed by atoms with Gasteiger partial charge >= 0.3 is 12.3 Å².